The van der Waals surface area contributed by atoms with Crippen molar-refractivity contribution in [1.29, 1.82) is 0 Å². The van der Waals surface area contributed by atoms with E-state index in [1.165, 1.54) is 11.0 Å². The van der Waals surface area contributed by atoms with E-state index in [1.807, 2.05) is 20.8 Å². The molecule has 180 valence electrons. The monoisotopic (exact) mass is 449 g/mol. The molecular weight excluding hydrogens is 410 g/mol. The third kappa shape index (κ3) is 8.40. The maximum atomic E-state index is 13.2. The fraction of sp³-hybridized carbons (Fsp3) is 0.625. The molecule has 0 saturated heterocycles. The number of benzene rings is 1. The van der Waals surface area contributed by atoms with Crippen molar-refractivity contribution >= 4 is 17.9 Å². The third-order valence-corrected chi connectivity index (χ3v) is 5.03. The van der Waals surface area contributed by atoms with Gasteiger partial charge in [0.15, 0.2) is 0 Å². The van der Waals surface area contributed by atoms with E-state index in [1.54, 1.807) is 39.8 Å². The number of unbranched alkanes of at least 4 members (excludes halogenated alkanes) is 1. The van der Waals surface area contributed by atoms with Crippen molar-refractivity contribution in [3.63, 3.8) is 0 Å². The Labute approximate surface area is 191 Å². The summed E-state index contributed by atoms with van der Waals surface area (Å²) < 4.78 is 5.21. The van der Waals surface area contributed by atoms with Crippen LogP contribution in [0.2, 0.25) is 0 Å². The van der Waals surface area contributed by atoms with E-state index < -0.39 is 23.6 Å². The standard InChI is InChI=1S/C24H39N3O5/c1-8-10-13-25-22(30)21(18-11-12-19(28)16(3)14-18)27(17(4)9-2)20(29)15-26-23(31)32-24(5,6)7/h11-12,14,17,21,28H,8-10,13,15H2,1-7H3,(H,25,30)(H,26,31). The minimum Gasteiger partial charge on any atom is -0.508 e. The Morgan fingerprint density at radius 2 is 1.81 bits per heavy atom. The summed E-state index contributed by atoms with van der Waals surface area (Å²) in [4.78, 5) is 40.0. The molecular formula is C24H39N3O5. The SMILES string of the molecule is CCCCNC(=O)C(c1ccc(O)c(C)c1)N(C(=O)CNC(=O)OC(C)(C)C)C(C)CC. The minimum absolute atomic E-state index is 0.118. The molecule has 0 bridgehead atoms. The van der Waals surface area contributed by atoms with Crippen molar-refractivity contribution in [2.75, 3.05) is 13.1 Å². The van der Waals surface area contributed by atoms with E-state index in [0.717, 1.165) is 12.8 Å². The Hall–Kier alpha value is -2.77. The molecule has 0 fully saturated rings. The lowest BCUT2D eigenvalue weighted by molar-refractivity contribution is -0.142. The molecule has 32 heavy (non-hydrogen) atoms. The fourth-order valence-corrected chi connectivity index (χ4v) is 3.17. The van der Waals surface area contributed by atoms with Crippen molar-refractivity contribution in [2.45, 2.75) is 85.4 Å². The average molecular weight is 450 g/mol. The maximum Gasteiger partial charge on any atom is 0.408 e. The third-order valence-electron chi connectivity index (χ3n) is 5.03. The van der Waals surface area contributed by atoms with Gasteiger partial charge in [-0.05, 0) is 70.7 Å². The molecule has 0 saturated carbocycles. The number of rotatable bonds is 10. The number of amides is 3. The second-order valence-electron chi connectivity index (χ2n) is 9.01. The minimum atomic E-state index is -0.894. The van der Waals surface area contributed by atoms with E-state index in [9.17, 15) is 19.5 Å². The zero-order valence-corrected chi connectivity index (χ0v) is 20.4. The molecule has 2 atom stereocenters. The molecule has 8 heteroatoms. The number of carbonyl (C=O) groups is 3. The van der Waals surface area contributed by atoms with E-state index in [4.69, 9.17) is 4.74 Å². The van der Waals surface area contributed by atoms with Gasteiger partial charge in [0.05, 0.1) is 0 Å². The van der Waals surface area contributed by atoms with Crippen LogP contribution in [-0.4, -0.2) is 52.6 Å². The van der Waals surface area contributed by atoms with Crippen LogP contribution in [0.1, 0.15) is 78.0 Å². The van der Waals surface area contributed by atoms with Gasteiger partial charge in [0.2, 0.25) is 11.8 Å². The van der Waals surface area contributed by atoms with Crippen LogP contribution in [0.15, 0.2) is 18.2 Å². The molecule has 0 aromatic heterocycles. The Balaban J connectivity index is 3.24. The Kier molecular flexibility index (Phi) is 10.5. The lowest BCUT2D eigenvalue weighted by Crippen LogP contribution is -2.51. The number of hydrogen-bond donors (Lipinski definition) is 3. The number of phenolic OH excluding ortho intramolecular Hbond substituents is 1. The van der Waals surface area contributed by atoms with Gasteiger partial charge in [-0.3, -0.25) is 9.59 Å². The van der Waals surface area contributed by atoms with Gasteiger partial charge in [0.1, 0.15) is 23.9 Å². The van der Waals surface area contributed by atoms with Crippen LogP contribution in [0.25, 0.3) is 0 Å². The highest BCUT2D eigenvalue weighted by Crippen LogP contribution is 2.28. The molecule has 3 N–H and O–H groups in total. The number of carbonyl (C=O) groups excluding carboxylic acids is 3. The summed E-state index contributed by atoms with van der Waals surface area (Å²) in [5, 5.41) is 15.3. The molecule has 1 aromatic rings. The molecule has 0 aliphatic heterocycles. The lowest BCUT2D eigenvalue weighted by Gasteiger charge is -2.36. The van der Waals surface area contributed by atoms with Gasteiger partial charge in [0, 0.05) is 12.6 Å². The predicted molar refractivity (Wildman–Crippen MR) is 124 cm³/mol. The number of aryl methyl sites for hydroxylation is 1. The molecule has 0 spiro atoms. The largest absolute Gasteiger partial charge is 0.508 e. The van der Waals surface area contributed by atoms with Gasteiger partial charge in [0.25, 0.3) is 0 Å². The van der Waals surface area contributed by atoms with Crippen LogP contribution in [0.3, 0.4) is 0 Å². The molecule has 0 radical (unpaired) electrons. The second kappa shape index (κ2) is 12.3. The highest BCUT2D eigenvalue weighted by Gasteiger charge is 2.34. The molecule has 0 aliphatic carbocycles. The Morgan fingerprint density at radius 3 is 2.34 bits per heavy atom. The molecule has 1 aromatic carbocycles. The number of nitrogens with zero attached hydrogens (tertiary/aromatic N) is 1. The molecule has 3 amide bonds. The first-order chi connectivity index (χ1) is 14.9. The summed E-state index contributed by atoms with van der Waals surface area (Å²) in [6.07, 6.45) is 1.68. The van der Waals surface area contributed by atoms with Crippen molar-refractivity contribution in [3.8, 4) is 5.75 Å². The van der Waals surface area contributed by atoms with Crippen LogP contribution < -0.4 is 10.6 Å². The van der Waals surface area contributed by atoms with Crippen LogP contribution in [0, 0.1) is 6.92 Å². The highest BCUT2D eigenvalue weighted by atomic mass is 16.6. The van der Waals surface area contributed by atoms with Crippen LogP contribution >= 0.6 is 0 Å². The van der Waals surface area contributed by atoms with E-state index >= 15 is 0 Å². The summed E-state index contributed by atoms with van der Waals surface area (Å²) in [6.45, 7) is 13.0. The summed E-state index contributed by atoms with van der Waals surface area (Å²) in [5.74, 6) is -0.576. The molecule has 2 unspecified atom stereocenters. The number of alkyl carbamates (subject to hydrolysis) is 1. The first-order valence-corrected chi connectivity index (χ1v) is 11.3. The second-order valence-corrected chi connectivity index (χ2v) is 9.01. The molecule has 1 rings (SSSR count). The summed E-state index contributed by atoms with van der Waals surface area (Å²) in [6, 6.07) is 3.72. The lowest BCUT2D eigenvalue weighted by atomic mass is 9.99. The maximum absolute atomic E-state index is 13.2. The zero-order valence-electron chi connectivity index (χ0n) is 20.4. The zero-order chi connectivity index (χ0) is 24.5. The summed E-state index contributed by atoms with van der Waals surface area (Å²) in [5.41, 5.74) is 0.520. The molecule has 0 heterocycles. The van der Waals surface area contributed by atoms with Crippen molar-refractivity contribution in [1.82, 2.24) is 15.5 Å². The average Bonchev–Trinajstić information content (AvgIpc) is 2.70. The number of hydrogen-bond acceptors (Lipinski definition) is 5. The number of phenols is 1. The molecule has 0 aliphatic rings. The van der Waals surface area contributed by atoms with E-state index in [2.05, 4.69) is 10.6 Å². The number of nitrogens with one attached hydrogen (secondary N) is 2. The number of ether oxygens (including phenoxy) is 1. The Bertz CT molecular complexity index is 788. The van der Waals surface area contributed by atoms with Gasteiger partial charge in [-0.25, -0.2) is 4.79 Å². The smallest absolute Gasteiger partial charge is 0.408 e. The van der Waals surface area contributed by atoms with Crippen molar-refractivity contribution < 1.29 is 24.2 Å². The first-order valence-electron chi connectivity index (χ1n) is 11.3. The van der Waals surface area contributed by atoms with Crippen LogP contribution in [-0.2, 0) is 14.3 Å². The fourth-order valence-electron chi connectivity index (χ4n) is 3.17. The van der Waals surface area contributed by atoms with E-state index in [0.29, 0.717) is 24.1 Å². The van der Waals surface area contributed by atoms with Gasteiger partial charge in [-0.1, -0.05) is 26.3 Å². The molecule has 8 nitrogen and oxygen atoms in total. The van der Waals surface area contributed by atoms with Crippen molar-refractivity contribution in [3.05, 3.63) is 29.3 Å². The predicted octanol–water partition coefficient (Wildman–Crippen LogP) is 3.81. The number of aromatic hydroxyl groups is 1. The van der Waals surface area contributed by atoms with Gasteiger partial charge < -0.3 is 25.4 Å². The van der Waals surface area contributed by atoms with Crippen molar-refractivity contribution in [2.24, 2.45) is 0 Å². The summed E-state index contributed by atoms with van der Waals surface area (Å²) >= 11 is 0. The topological polar surface area (TPSA) is 108 Å². The van der Waals surface area contributed by atoms with Gasteiger partial charge in [-0.2, -0.15) is 0 Å². The highest BCUT2D eigenvalue weighted by molar-refractivity contribution is 5.90. The quantitative estimate of drug-likeness (QED) is 0.471. The van der Waals surface area contributed by atoms with Crippen LogP contribution in [0.4, 0.5) is 4.79 Å². The first kappa shape index (κ1) is 27.3. The summed E-state index contributed by atoms with van der Waals surface area (Å²) in [7, 11) is 0. The van der Waals surface area contributed by atoms with Crippen LogP contribution in [0.5, 0.6) is 5.75 Å². The van der Waals surface area contributed by atoms with Gasteiger partial charge >= 0.3 is 6.09 Å². The Morgan fingerprint density at radius 1 is 1.16 bits per heavy atom. The normalized spacial score (nSPS) is 13.1. The van der Waals surface area contributed by atoms with Gasteiger partial charge in [-0.15, -0.1) is 0 Å². The van der Waals surface area contributed by atoms with E-state index in [-0.39, 0.29) is 24.2 Å².